The number of sulfone groups is 1. The van der Waals surface area contributed by atoms with Crippen molar-refractivity contribution in [2.24, 2.45) is 5.92 Å². The highest BCUT2D eigenvalue weighted by atomic mass is 32.2. The molecule has 0 aromatic heterocycles. The molecule has 5 heteroatoms. The third-order valence-electron chi connectivity index (χ3n) is 3.70. The molecular formula is C13H28N2O2S. The van der Waals surface area contributed by atoms with Gasteiger partial charge in [-0.05, 0) is 52.2 Å². The Morgan fingerprint density at radius 1 is 1.39 bits per heavy atom. The van der Waals surface area contributed by atoms with Crippen molar-refractivity contribution in [1.82, 2.24) is 10.2 Å². The smallest absolute Gasteiger partial charge is 0.153 e. The molecule has 0 aliphatic carbocycles. The number of hydrogen-bond donors (Lipinski definition) is 1. The number of piperidine rings is 1. The van der Waals surface area contributed by atoms with Crippen LogP contribution in [0.5, 0.6) is 0 Å². The van der Waals surface area contributed by atoms with E-state index in [2.05, 4.69) is 17.1 Å². The van der Waals surface area contributed by atoms with E-state index in [-0.39, 0.29) is 5.25 Å². The van der Waals surface area contributed by atoms with Gasteiger partial charge in [-0.3, -0.25) is 0 Å². The first-order chi connectivity index (χ1) is 8.45. The van der Waals surface area contributed by atoms with Crippen LogP contribution in [-0.2, 0) is 9.84 Å². The summed E-state index contributed by atoms with van der Waals surface area (Å²) < 4.78 is 23.6. The van der Waals surface area contributed by atoms with Gasteiger partial charge in [0.2, 0.25) is 0 Å². The maximum absolute atomic E-state index is 11.8. The van der Waals surface area contributed by atoms with Gasteiger partial charge in [0, 0.05) is 13.1 Å². The molecule has 1 unspecified atom stereocenters. The second-order valence-electron chi connectivity index (χ2n) is 5.53. The summed E-state index contributed by atoms with van der Waals surface area (Å²) in [5.74, 6) is 0.985. The Bertz CT molecular complexity index is 328. The molecule has 1 N–H and O–H groups in total. The normalized spacial score (nSPS) is 22.6. The van der Waals surface area contributed by atoms with Crippen molar-refractivity contribution in [2.45, 2.75) is 38.9 Å². The Labute approximate surface area is 112 Å². The molecule has 0 aromatic carbocycles. The van der Waals surface area contributed by atoms with Crippen LogP contribution in [0, 0.1) is 5.92 Å². The molecule has 0 bridgehead atoms. The van der Waals surface area contributed by atoms with Crippen molar-refractivity contribution < 1.29 is 8.42 Å². The molecular weight excluding hydrogens is 248 g/mol. The minimum absolute atomic E-state index is 0.250. The lowest BCUT2D eigenvalue weighted by molar-refractivity contribution is 0.181. The Balaban J connectivity index is 2.34. The summed E-state index contributed by atoms with van der Waals surface area (Å²) >= 11 is 0. The lowest BCUT2D eigenvalue weighted by atomic mass is 9.98. The molecule has 1 fully saturated rings. The number of rotatable bonds is 7. The lowest BCUT2D eigenvalue weighted by Gasteiger charge is -2.32. The van der Waals surface area contributed by atoms with E-state index in [1.807, 2.05) is 0 Å². The average Bonchev–Trinajstić information content (AvgIpc) is 2.34. The third kappa shape index (κ3) is 5.24. The van der Waals surface area contributed by atoms with Gasteiger partial charge in [-0.15, -0.1) is 0 Å². The van der Waals surface area contributed by atoms with Gasteiger partial charge in [0.05, 0.1) is 11.0 Å². The van der Waals surface area contributed by atoms with Crippen molar-refractivity contribution in [1.29, 1.82) is 0 Å². The highest BCUT2D eigenvalue weighted by molar-refractivity contribution is 7.92. The second kappa shape index (κ2) is 7.46. The maximum atomic E-state index is 11.8. The van der Waals surface area contributed by atoms with E-state index in [1.54, 1.807) is 13.8 Å². The second-order valence-corrected chi connectivity index (χ2v) is 8.21. The molecule has 4 nitrogen and oxygen atoms in total. The number of likely N-dealkylation sites (tertiary alicyclic amines) is 1. The van der Waals surface area contributed by atoms with E-state index in [4.69, 9.17) is 0 Å². The fourth-order valence-electron chi connectivity index (χ4n) is 2.36. The van der Waals surface area contributed by atoms with Crippen LogP contribution in [0.25, 0.3) is 0 Å². The van der Waals surface area contributed by atoms with Gasteiger partial charge in [-0.2, -0.15) is 0 Å². The zero-order valence-corrected chi connectivity index (χ0v) is 12.8. The SMILES string of the molecule is CCNCC1CCCN(CCS(=O)(=O)C(C)C)C1. The first-order valence-corrected chi connectivity index (χ1v) is 8.82. The summed E-state index contributed by atoms with van der Waals surface area (Å²) in [4.78, 5) is 2.31. The monoisotopic (exact) mass is 276 g/mol. The van der Waals surface area contributed by atoms with Crippen LogP contribution in [0.3, 0.4) is 0 Å². The van der Waals surface area contributed by atoms with Crippen LogP contribution in [0.15, 0.2) is 0 Å². The van der Waals surface area contributed by atoms with Crippen LogP contribution in [0.1, 0.15) is 33.6 Å². The molecule has 0 radical (unpaired) electrons. The largest absolute Gasteiger partial charge is 0.317 e. The van der Waals surface area contributed by atoms with Crippen LogP contribution in [0.4, 0.5) is 0 Å². The zero-order valence-electron chi connectivity index (χ0n) is 12.0. The van der Waals surface area contributed by atoms with Crippen molar-refractivity contribution in [2.75, 3.05) is 38.5 Å². The molecule has 108 valence electrons. The standard InChI is InChI=1S/C13H28N2O2S/c1-4-14-10-13-6-5-7-15(11-13)8-9-18(16,17)12(2)3/h12-14H,4-11H2,1-3H3. The van der Waals surface area contributed by atoms with Gasteiger partial charge in [0.15, 0.2) is 9.84 Å². The fourth-order valence-corrected chi connectivity index (χ4v) is 3.35. The summed E-state index contributed by atoms with van der Waals surface area (Å²) in [6.07, 6.45) is 2.46. The summed E-state index contributed by atoms with van der Waals surface area (Å²) in [5, 5.41) is 3.13. The molecule has 0 saturated carbocycles. The molecule has 18 heavy (non-hydrogen) atoms. The van der Waals surface area contributed by atoms with E-state index in [1.165, 1.54) is 12.8 Å². The van der Waals surface area contributed by atoms with Gasteiger partial charge >= 0.3 is 0 Å². The molecule has 1 heterocycles. The molecule has 1 aliphatic heterocycles. The van der Waals surface area contributed by atoms with Crippen molar-refractivity contribution in [3.8, 4) is 0 Å². The molecule has 0 amide bonds. The molecule has 1 saturated heterocycles. The summed E-state index contributed by atoms with van der Waals surface area (Å²) in [6.45, 7) is 10.5. The Morgan fingerprint density at radius 2 is 2.11 bits per heavy atom. The zero-order chi connectivity index (χ0) is 13.6. The van der Waals surface area contributed by atoms with E-state index in [0.29, 0.717) is 18.2 Å². The van der Waals surface area contributed by atoms with Crippen LogP contribution in [0.2, 0.25) is 0 Å². The molecule has 0 aromatic rings. The summed E-state index contributed by atoms with van der Waals surface area (Å²) in [6, 6.07) is 0. The van der Waals surface area contributed by atoms with Gasteiger partial charge in [-0.25, -0.2) is 8.42 Å². The molecule has 0 spiro atoms. The van der Waals surface area contributed by atoms with Gasteiger partial charge in [-0.1, -0.05) is 6.92 Å². The Hall–Kier alpha value is -0.130. The highest BCUT2D eigenvalue weighted by Gasteiger charge is 2.22. The van der Waals surface area contributed by atoms with E-state index in [0.717, 1.165) is 26.2 Å². The van der Waals surface area contributed by atoms with E-state index >= 15 is 0 Å². The van der Waals surface area contributed by atoms with Crippen molar-refractivity contribution in [3.05, 3.63) is 0 Å². The average molecular weight is 276 g/mol. The minimum Gasteiger partial charge on any atom is -0.317 e. The van der Waals surface area contributed by atoms with Crippen molar-refractivity contribution in [3.63, 3.8) is 0 Å². The van der Waals surface area contributed by atoms with Crippen molar-refractivity contribution >= 4 is 9.84 Å². The van der Waals surface area contributed by atoms with Crippen LogP contribution in [-0.4, -0.2) is 57.0 Å². The number of nitrogens with one attached hydrogen (secondary N) is 1. The maximum Gasteiger partial charge on any atom is 0.153 e. The molecule has 1 atom stereocenters. The predicted molar refractivity (Wildman–Crippen MR) is 76.6 cm³/mol. The summed E-state index contributed by atoms with van der Waals surface area (Å²) in [5.41, 5.74) is 0. The van der Waals surface area contributed by atoms with Crippen LogP contribution >= 0.6 is 0 Å². The Morgan fingerprint density at radius 3 is 2.72 bits per heavy atom. The van der Waals surface area contributed by atoms with E-state index in [9.17, 15) is 8.42 Å². The van der Waals surface area contributed by atoms with Crippen LogP contribution < -0.4 is 5.32 Å². The molecule has 1 rings (SSSR count). The first-order valence-electron chi connectivity index (χ1n) is 7.10. The summed E-state index contributed by atoms with van der Waals surface area (Å²) in [7, 11) is -2.89. The van der Waals surface area contributed by atoms with E-state index < -0.39 is 9.84 Å². The Kier molecular flexibility index (Phi) is 6.60. The number of hydrogen-bond acceptors (Lipinski definition) is 4. The fraction of sp³-hybridized carbons (Fsp3) is 1.00. The molecule has 1 aliphatic rings. The lowest BCUT2D eigenvalue weighted by Crippen LogP contribution is -2.42. The van der Waals surface area contributed by atoms with Gasteiger partial charge in [0.1, 0.15) is 0 Å². The quantitative estimate of drug-likeness (QED) is 0.757. The third-order valence-corrected chi connectivity index (χ3v) is 5.88. The highest BCUT2D eigenvalue weighted by Crippen LogP contribution is 2.16. The number of nitrogens with zero attached hydrogens (tertiary/aromatic N) is 1. The van der Waals surface area contributed by atoms with Gasteiger partial charge in [0.25, 0.3) is 0 Å². The first kappa shape index (κ1) is 15.9. The van der Waals surface area contributed by atoms with Gasteiger partial charge < -0.3 is 10.2 Å². The minimum atomic E-state index is -2.89. The predicted octanol–water partition coefficient (Wildman–Crippen LogP) is 1.13. The topological polar surface area (TPSA) is 49.4 Å².